The number of nitrogens with zero attached hydrogens (tertiary/aromatic N) is 5. The van der Waals surface area contributed by atoms with E-state index in [9.17, 15) is 13.6 Å². The van der Waals surface area contributed by atoms with Crippen molar-refractivity contribution >= 4 is 18.2 Å². The van der Waals surface area contributed by atoms with Gasteiger partial charge in [-0.1, -0.05) is 65.7 Å². The molecule has 1 amide bonds. The van der Waals surface area contributed by atoms with Crippen molar-refractivity contribution in [1.29, 1.82) is 0 Å². The molecule has 4 heterocycles. The molecule has 2 atom stereocenters. The number of piperidine rings is 2. The zero-order valence-electron chi connectivity index (χ0n) is 29.8. The van der Waals surface area contributed by atoms with Crippen molar-refractivity contribution in [3.05, 3.63) is 155 Å². The standard InChI is InChI=1S/C25H26FN3O2.C17H20FN3/c1-19(22-7-9-23(26)10-8-22)29-18-27-16-24(29)15-20-11-13-28(14-12-20)25(30)31-17-21-5-3-2-4-6-21;1-13(15-2-4-16(18)5-3-15)21-12-20-11-17(21)10-14-6-8-19-9-7-14/h2-10,15-16,18-19H,11-14,17H2,1H3;2-5,10-13,19H,6-9H2,1H3/t19-;13-/m11/s1. The van der Waals surface area contributed by atoms with Crippen LogP contribution < -0.4 is 5.32 Å². The number of imidazole rings is 2. The van der Waals surface area contributed by atoms with Gasteiger partial charge in [-0.25, -0.2) is 23.5 Å². The summed E-state index contributed by atoms with van der Waals surface area (Å²) in [5.41, 5.74) is 7.95. The summed E-state index contributed by atoms with van der Waals surface area (Å²) >= 11 is 0. The molecule has 2 aromatic heterocycles. The molecule has 52 heavy (non-hydrogen) atoms. The Bertz CT molecular complexity index is 1930. The summed E-state index contributed by atoms with van der Waals surface area (Å²) in [5.74, 6) is -0.438. The van der Waals surface area contributed by atoms with Crippen molar-refractivity contribution in [1.82, 2.24) is 29.3 Å². The van der Waals surface area contributed by atoms with Crippen LogP contribution in [0.5, 0.6) is 0 Å². The van der Waals surface area contributed by atoms with Crippen LogP contribution >= 0.6 is 0 Å². The molecule has 3 aromatic carbocycles. The lowest BCUT2D eigenvalue weighted by molar-refractivity contribution is 0.0936. The van der Waals surface area contributed by atoms with E-state index in [4.69, 9.17) is 4.74 Å². The Kier molecular flexibility index (Phi) is 12.4. The summed E-state index contributed by atoms with van der Waals surface area (Å²) < 4.78 is 36.0. The second-order valence-corrected chi connectivity index (χ2v) is 13.3. The number of hydrogen-bond donors (Lipinski definition) is 1. The van der Waals surface area contributed by atoms with Gasteiger partial charge in [0.1, 0.15) is 18.2 Å². The van der Waals surface area contributed by atoms with Crippen molar-refractivity contribution in [2.45, 2.75) is 58.2 Å². The number of amides is 1. The molecule has 270 valence electrons. The molecule has 5 aromatic rings. The van der Waals surface area contributed by atoms with Crippen molar-refractivity contribution in [3.63, 3.8) is 0 Å². The van der Waals surface area contributed by atoms with E-state index in [1.165, 1.54) is 35.4 Å². The van der Waals surface area contributed by atoms with Crippen molar-refractivity contribution in [3.8, 4) is 0 Å². The predicted octanol–water partition coefficient (Wildman–Crippen LogP) is 8.85. The van der Waals surface area contributed by atoms with Gasteiger partial charge < -0.3 is 24.1 Å². The lowest BCUT2D eigenvalue weighted by atomic mass is 10.0. The van der Waals surface area contributed by atoms with Crippen LogP contribution in [0.15, 0.2) is 115 Å². The van der Waals surface area contributed by atoms with Gasteiger partial charge in [-0.2, -0.15) is 0 Å². The zero-order valence-corrected chi connectivity index (χ0v) is 29.8. The monoisotopic (exact) mass is 704 g/mol. The molecule has 2 fully saturated rings. The maximum atomic E-state index is 13.2. The first-order valence-corrected chi connectivity index (χ1v) is 17.9. The minimum absolute atomic E-state index is 0.0444. The van der Waals surface area contributed by atoms with Crippen molar-refractivity contribution in [2.24, 2.45) is 0 Å². The first-order valence-electron chi connectivity index (χ1n) is 17.9. The highest BCUT2D eigenvalue weighted by molar-refractivity contribution is 5.68. The normalized spacial score (nSPS) is 15.7. The van der Waals surface area contributed by atoms with E-state index in [1.807, 2.05) is 61.2 Å². The third kappa shape index (κ3) is 9.70. The first-order chi connectivity index (χ1) is 25.3. The number of hydrogen-bond acceptors (Lipinski definition) is 5. The third-order valence-corrected chi connectivity index (χ3v) is 9.75. The minimum atomic E-state index is -0.266. The number of likely N-dealkylation sites (tertiary alicyclic amines) is 1. The van der Waals surface area contributed by atoms with Crippen molar-refractivity contribution in [2.75, 3.05) is 26.2 Å². The van der Waals surface area contributed by atoms with Gasteiger partial charge in [-0.05, 0) is 106 Å². The molecular weight excluding hydrogens is 658 g/mol. The van der Waals surface area contributed by atoms with E-state index in [-0.39, 0.29) is 29.8 Å². The van der Waals surface area contributed by atoms with Crippen LogP contribution in [0.2, 0.25) is 0 Å². The summed E-state index contributed by atoms with van der Waals surface area (Å²) in [6, 6.07) is 23.1. The number of carbonyl (C=O) groups excluding carboxylic acids is 1. The fourth-order valence-corrected chi connectivity index (χ4v) is 6.55. The Hall–Kier alpha value is -5.35. The second-order valence-electron chi connectivity index (χ2n) is 13.3. The molecule has 7 rings (SSSR count). The molecule has 1 N–H and O–H groups in total. The SMILES string of the molecule is C[C@H](c1ccc(F)cc1)n1cncc1C=C1CCN(C(=O)OCc2ccccc2)CC1.C[C@H](c1ccc(F)cc1)n1cncc1C=C1CCNCC1. The average molecular weight is 705 g/mol. The molecule has 8 nitrogen and oxygen atoms in total. The Balaban J connectivity index is 0.000000192. The fourth-order valence-electron chi connectivity index (χ4n) is 6.55. The third-order valence-electron chi connectivity index (χ3n) is 9.75. The molecule has 0 radical (unpaired) electrons. The van der Waals surface area contributed by atoms with E-state index in [0.29, 0.717) is 19.7 Å². The van der Waals surface area contributed by atoms with Crippen LogP contribution in [-0.2, 0) is 11.3 Å². The largest absolute Gasteiger partial charge is 0.445 e. The molecule has 0 saturated carbocycles. The summed E-state index contributed by atoms with van der Waals surface area (Å²) in [6.07, 6.45) is 15.3. The van der Waals surface area contributed by atoms with E-state index in [0.717, 1.165) is 66.9 Å². The van der Waals surface area contributed by atoms with Gasteiger partial charge in [0.2, 0.25) is 0 Å². The van der Waals surface area contributed by atoms with Crippen LogP contribution in [0.25, 0.3) is 12.2 Å². The van der Waals surface area contributed by atoms with Crippen LogP contribution in [0, 0.1) is 11.6 Å². The number of rotatable bonds is 8. The van der Waals surface area contributed by atoms with E-state index in [2.05, 4.69) is 50.4 Å². The summed E-state index contributed by atoms with van der Waals surface area (Å²) in [7, 11) is 0. The van der Waals surface area contributed by atoms with Crippen LogP contribution in [0.3, 0.4) is 0 Å². The number of benzene rings is 3. The summed E-state index contributed by atoms with van der Waals surface area (Å²) in [5, 5.41) is 3.36. The van der Waals surface area contributed by atoms with Gasteiger partial charge >= 0.3 is 6.09 Å². The highest BCUT2D eigenvalue weighted by Crippen LogP contribution is 2.25. The van der Waals surface area contributed by atoms with E-state index in [1.54, 1.807) is 23.4 Å². The molecule has 2 aliphatic heterocycles. The Morgan fingerprint density at radius 3 is 1.71 bits per heavy atom. The first kappa shape index (κ1) is 36.4. The van der Waals surface area contributed by atoms with Gasteiger partial charge in [0, 0.05) is 13.1 Å². The summed E-state index contributed by atoms with van der Waals surface area (Å²) in [6.45, 7) is 7.85. The lowest BCUT2D eigenvalue weighted by Gasteiger charge is -2.28. The van der Waals surface area contributed by atoms with Gasteiger partial charge in [0.05, 0.1) is 48.5 Å². The van der Waals surface area contributed by atoms with Gasteiger partial charge in [-0.15, -0.1) is 0 Å². The summed E-state index contributed by atoms with van der Waals surface area (Å²) in [4.78, 5) is 22.7. The molecular formula is C42H46F2N6O2. The Morgan fingerprint density at radius 2 is 1.21 bits per heavy atom. The van der Waals surface area contributed by atoms with Crippen LogP contribution in [0.4, 0.5) is 13.6 Å². The number of ether oxygens (including phenoxy) is 1. The highest BCUT2D eigenvalue weighted by atomic mass is 19.1. The highest BCUT2D eigenvalue weighted by Gasteiger charge is 2.21. The molecule has 2 saturated heterocycles. The minimum Gasteiger partial charge on any atom is -0.445 e. The van der Waals surface area contributed by atoms with Crippen LogP contribution in [0.1, 0.15) is 79.7 Å². The quantitative estimate of drug-likeness (QED) is 0.175. The number of nitrogens with one attached hydrogen (secondary N) is 1. The smallest absolute Gasteiger partial charge is 0.410 e. The fraction of sp³-hybridized carbons (Fsp3) is 0.310. The van der Waals surface area contributed by atoms with Gasteiger partial charge in [0.25, 0.3) is 0 Å². The Morgan fingerprint density at radius 1 is 0.731 bits per heavy atom. The molecule has 0 unspecified atom stereocenters. The average Bonchev–Trinajstić information content (AvgIpc) is 3.85. The maximum absolute atomic E-state index is 13.2. The molecule has 2 aliphatic rings. The number of aromatic nitrogens is 4. The predicted molar refractivity (Wildman–Crippen MR) is 200 cm³/mol. The van der Waals surface area contributed by atoms with E-state index < -0.39 is 0 Å². The molecule has 0 bridgehead atoms. The van der Waals surface area contributed by atoms with Gasteiger partial charge in [-0.3, -0.25) is 0 Å². The second kappa shape index (κ2) is 17.7. The van der Waals surface area contributed by atoms with Gasteiger partial charge in [0.15, 0.2) is 0 Å². The Labute approximate surface area is 304 Å². The van der Waals surface area contributed by atoms with Crippen molar-refractivity contribution < 1.29 is 18.3 Å². The topological polar surface area (TPSA) is 77.2 Å². The number of halogens is 2. The zero-order chi connectivity index (χ0) is 36.3. The lowest BCUT2D eigenvalue weighted by Crippen LogP contribution is -2.36. The van der Waals surface area contributed by atoms with E-state index >= 15 is 0 Å². The van der Waals surface area contributed by atoms with Crippen LogP contribution in [-0.4, -0.2) is 56.3 Å². The maximum Gasteiger partial charge on any atom is 0.410 e. The number of carbonyl (C=O) groups is 1. The molecule has 0 spiro atoms. The molecule has 10 heteroatoms. The molecule has 0 aliphatic carbocycles.